The maximum Gasteiger partial charge on any atom is 0.247 e. The van der Waals surface area contributed by atoms with Crippen molar-refractivity contribution < 1.29 is 4.79 Å². The van der Waals surface area contributed by atoms with Gasteiger partial charge in [-0.15, -0.1) is 0 Å². The van der Waals surface area contributed by atoms with Crippen molar-refractivity contribution in [1.29, 1.82) is 0 Å². The number of hydrogen-bond acceptors (Lipinski definition) is 3. The van der Waals surface area contributed by atoms with Gasteiger partial charge in [0, 0.05) is 23.0 Å². The van der Waals surface area contributed by atoms with E-state index in [4.69, 9.17) is 23.2 Å². The summed E-state index contributed by atoms with van der Waals surface area (Å²) in [5.41, 5.74) is 2.67. The highest BCUT2D eigenvalue weighted by atomic mass is 35.5. The van der Waals surface area contributed by atoms with Crippen molar-refractivity contribution in [3.8, 4) is 0 Å². The Bertz CT molecular complexity index is 896. The van der Waals surface area contributed by atoms with Crippen LogP contribution >= 0.6 is 23.2 Å². The molecule has 0 saturated carbocycles. The predicted molar refractivity (Wildman–Crippen MR) is 98.1 cm³/mol. The van der Waals surface area contributed by atoms with Gasteiger partial charge in [-0.2, -0.15) is 10.2 Å². The number of aryl methyl sites for hydroxylation is 2. The van der Waals surface area contributed by atoms with Crippen molar-refractivity contribution in [3.63, 3.8) is 0 Å². The van der Waals surface area contributed by atoms with Gasteiger partial charge in [0.05, 0.1) is 17.3 Å². The van der Waals surface area contributed by atoms with Crippen molar-refractivity contribution in [2.45, 2.75) is 26.9 Å². The van der Waals surface area contributed by atoms with Gasteiger partial charge in [-0.25, -0.2) is 0 Å². The van der Waals surface area contributed by atoms with Gasteiger partial charge in [0.2, 0.25) is 5.91 Å². The third-order valence-electron chi connectivity index (χ3n) is 3.66. The lowest BCUT2D eigenvalue weighted by atomic mass is 10.2. The fraction of sp³-hybridized carbons (Fsp3) is 0.235. The Morgan fingerprint density at radius 3 is 2.68 bits per heavy atom. The molecule has 0 fully saturated rings. The highest BCUT2D eigenvalue weighted by Crippen LogP contribution is 2.15. The number of carbonyl (C=O) groups excluding carboxylic acids is 1. The van der Waals surface area contributed by atoms with Crippen LogP contribution in [0.2, 0.25) is 10.0 Å². The minimum atomic E-state index is -0.216. The number of carbonyl (C=O) groups is 1. The van der Waals surface area contributed by atoms with E-state index in [1.807, 2.05) is 41.9 Å². The summed E-state index contributed by atoms with van der Waals surface area (Å²) in [6.07, 6.45) is 1.62. The summed E-state index contributed by atoms with van der Waals surface area (Å²) in [4.78, 5) is 12.1. The lowest BCUT2D eigenvalue weighted by Gasteiger charge is -2.05. The van der Waals surface area contributed by atoms with Gasteiger partial charge in [0.15, 0.2) is 5.82 Å². The van der Waals surface area contributed by atoms with E-state index >= 15 is 0 Å². The highest BCUT2D eigenvalue weighted by Gasteiger charge is 2.11. The molecule has 2 aromatic heterocycles. The van der Waals surface area contributed by atoms with Gasteiger partial charge in [-0.1, -0.05) is 35.3 Å². The lowest BCUT2D eigenvalue weighted by molar-refractivity contribution is -0.116. The molecule has 0 unspecified atom stereocenters. The molecule has 6 nitrogen and oxygen atoms in total. The Kier molecular flexibility index (Phi) is 5.11. The molecule has 130 valence electrons. The van der Waals surface area contributed by atoms with Crippen LogP contribution in [0.25, 0.3) is 0 Å². The summed E-state index contributed by atoms with van der Waals surface area (Å²) in [6, 6.07) is 9.43. The van der Waals surface area contributed by atoms with Crippen LogP contribution in [-0.2, 0) is 17.9 Å². The van der Waals surface area contributed by atoms with Gasteiger partial charge in [0.1, 0.15) is 6.54 Å². The van der Waals surface area contributed by atoms with E-state index in [2.05, 4.69) is 15.5 Å². The Balaban J connectivity index is 1.66. The van der Waals surface area contributed by atoms with Crippen molar-refractivity contribution in [3.05, 3.63) is 63.5 Å². The molecule has 2 heterocycles. The molecule has 25 heavy (non-hydrogen) atoms. The first-order valence-electron chi connectivity index (χ1n) is 7.69. The topological polar surface area (TPSA) is 64.7 Å². The van der Waals surface area contributed by atoms with E-state index in [0.717, 1.165) is 11.3 Å². The zero-order chi connectivity index (χ0) is 18.0. The minimum Gasteiger partial charge on any atom is -0.308 e. The van der Waals surface area contributed by atoms with Crippen LogP contribution in [0.1, 0.15) is 17.0 Å². The third-order valence-corrected chi connectivity index (χ3v) is 4.27. The maximum atomic E-state index is 12.1. The normalized spacial score (nSPS) is 10.9. The van der Waals surface area contributed by atoms with Crippen molar-refractivity contribution in [2.75, 3.05) is 5.32 Å². The monoisotopic (exact) mass is 377 g/mol. The number of hydrogen-bond donors (Lipinski definition) is 1. The zero-order valence-electron chi connectivity index (χ0n) is 13.8. The maximum absolute atomic E-state index is 12.1. The van der Waals surface area contributed by atoms with Crippen molar-refractivity contribution >= 4 is 34.9 Å². The molecule has 0 aliphatic rings. The van der Waals surface area contributed by atoms with E-state index in [9.17, 15) is 4.79 Å². The number of rotatable bonds is 5. The number of nitrogens with zero attached hydrogens (tertiary/aromatic N) is 4. The molecule has 1 N–H and O–H groups in total. The molecular formula is C17H17Cl2N5O. The number of anilines is 1. The van der Waals surface area contributed by atoms with Gasteiger partial charge in [-0.3, -0.25) is 14.2 Å². The van der Waals surface area contributed by atoms with Crippen LogP contribution in [0, 0.1) is 13.8 Å². The highest BCUT2D eigenvalue weighted by molar-refractivity contribution is 6.31. The van der Waals surface area contributed by atoms with Crippen molar-refractivity contribution in [1.82, 2.24) is 19.6 Å². The Hall–Kier alpha value is -2.31. The summed E-state index contributed by atoms with van der Waals surface area (Å²) in [5.74, 6) is 0.283. The van der Waals surface area contributed by atoms with Crippen LogP contribution in [0.15, 0.2) is 36.5 Å². The van der Waals surface area contributed by atoms with Gasteiger partial charge in [0.25, 0.3) is 0 Å². The van der Waals surface area contributed by atoms with Gasteiger partial charge < -0.3 is 5.32 Å². The molecule has 8 heteroatoms. The standard InChI is InChI=1S/C17H17Cl2N5O/c1-11-6-16(20-17(25)10-23-9-15(19)12(2)21-23)22-24(11)8-13-4-3-5-14(18)7-13/h3-7,9H,8,10H2,1-2H3,(H,20,22,25). The smallest absolute Gasteiger partial charge is 0.247 e. The summed E-state index contributed by atoms with van der Waals surface area (Å²) in [7, 11) is 0. The van der Waals surface area contributed by atoms with Gasteiger partial charge >= 0.3 is 0 Å². The number of amides is 1. The first kappa shape index (κ1) is 17.5. The molecule has 0 aliphatic carbocycles. The fourth-order valence-electron chi connectivity index (χ4n) is 2.44. The molecule has 3 aromatic rings. The molecule has 0 radical (unpaired) electrons. The van der Waals surface area contributed by atoms with E-state index in [0.29, 0.717) is 28.1 Å². The Morgan fingerprint density at radius 2 is 2.00 bits per heavy atom. The lowest BCUT2D eigenvalue weighted by Crippen LogP contribution is -2.19. The van der Waals surface area contributed by atoms with E-state index in [-0.39, 0.29) is 12.5 Å². The summed E-state index contributed by atoms with van der Waals surface area (Å²) in [6.45, 7) is 4.38. The second-order valence-electron chi connectivity index (χ2n) is 5.77. The van der Waals surface area contributed by atoms with Gasteiger partial charge in [-0.05, 0) is 31.5 Å². The predicted octanol–water partition coefficient (Wildman–Crippen LogP) is 3.69. The molecule has 0 bridgehead atoms. The summed E-state index contributed by atoms with van der Waals surface area (Å²) >= 11 is 12.0. The second kappa shape index (κ2) is 7.29. The van der Waals surface area contributed by atoms with Crippen LogP contribution in [0.4, 0.5) is 5.82 Å². The van der Waals surface area contributed by atoms with E-state index in [1.54, 1.807) is 13.1 Å². The summed E-state index contributed by atoms with van der Waals surface area (Å²) in [5, 5.41) is 12.6. The number of aromatic nitrogens is 4. The van der Waals surface area contributed by atoms with Crippen LogP contribution in [0.3, 0.4) is 0 Å². The molecule has 1 amide bonds. The molecule has 3 rings (SSSR count). The largest absolute Gasteiger partial charge is 0.308 e. The first-order valence-corrected chi connectivity index (χ1v) is 8.44. The number of nitrogens with one attached hydrogen (secondary N) is 1. The average Bonchev–Trinajstić information content (AvgIpc) is 3.01. The summed E-state index contributed by atoms with van der Waals surface area (Å²) < 4.78 is 3.32. The van der Waals surface area contributed by atoms with E-state index in [1.165, 1.54) is 4.68 Å². The molecule has 0 aliphatic heterocycles. The van der Waals surface area contributed by atoms with Crippen LogP contribution < -0.4 is 5.32 Å². The number of benzene rings is 1. The fourth-order valence-corrected chi connectivity index (χ4v) is 2.81. The molecule has 1 aromatic carbocycles. The third kappa shape index (κ3) is 4.41. The van der Waals surface area contributed by atoms with Crippen LogP contribution in [-0.4, -0.2) is 25.5 Å². The molecular weight excluding hydrogens is 361 g/mol. The molecule has 0 spiro atoms. The minimum absolute atomic E-state index is 0.0771. The average molecular weight is 378 g/mol. The Morgan fingerprint density at radius 1 is 1.20 bits per heavy atom. The zero-order valence-corrected chi connectivity index (χ0v) is 15.3. The molecule has 0 saturated heterocycles. The Labute approximate surface area is 155 Å². The second-order valence-corrected chi connectivity index (χ2v) is 6.61. The quantitative estimate of drug-likeness (QED) is 0.737. The van der Waals surface area contributed by atoms with Crippen LogP contribution in [0.5, 0.6) is 0 Å². The number of halogens is 2. The molecule has 0 atom stereocenters. The van der Waals surface area contributed by atoms with Crippen molar-refractivity contribution in [2.24, 2.45) is 0 Å². The van der Waals surface area contributed by atoms with E-state index < -0.39 is 0 Å². The first-order chi connectivity index (χ1) is 11.9. The SMILES string of the molecule is Cc1nn(CC(=O)Nc2cc(C)n(Cc3cccc(Cl)c3)n2)cc1Cl.